The maximum Gasteiger partial charge on any atom is 0.00728 e. The van der Waals surface area contributed by atoms with Gasteiger partial charge in [-0.3, -0.25) is 0 Å². The monoisotopic (exact) mass is 250 g/mol. The van der Waals surface area contributed by atoms with Crippen molar-refractivity contribution in [1.29, 1.82) is 0 Å². The molecule has 0 spiro atoms. The van der Waals surface area contributed by atoms with E-state index in [0.29, 0.717) is 0 Å². The summed E-state index contributed by atoms with van der Waals surface area (Å²) in [5.74, 6) is 1.98. The van der Waals surface area contributed by atoms with Crippen LogP contribution < -0.4 is 5.32 Å². The summed E-state index contributed by atoms with van der Waals surface area (Å²) in [6, 6.07) is 1.75. The largest absolute Gasteiger partial charge is 0.311 e. The molecule has 0 aromatic heterocycles. The van der Waals surface area contributed by atoms with E-state index >= 15 is 0 Å². The number of rotatable bonds is 3. The lowest BCUT2D eigenvalue weighted by molar-refractivity contribution is 0.221. The van der Waals surface area contributed by atoms with Gasteiger partial charge in [-0.15, -0.1) is 0 Å². The fraction of sp³-hybridized carbons (Fsp3) is 1.00. The minimum Gasteiger partial charge on any atom is -0.311 e. The van der Waals surface area contributed by atoms with Crippen molar-refractivity contribution >= 4 is 0 Å². The molecule has 2 heteroatoms. The third-order valence-corrected chi connectivity index (χ3v) is 5.53. The van der Waals surface area contributed by atoms with E-state index in [1.165, 1.54) is 71.0 Å². The molecular weight excluding hydrogens is 220 g/mol. The van der Waals surface area contributed by atoms with Crippen molar-refractivity contribution in [2.45, 2.75) is 70.4 Å². The van der Waals surface area contributed by atoms with Crippen molar-refractivity contribution in [3.05, 3.63) is 0 Å². The molecular formula is C16H30N2. The number of piperidine rings is 1. The molecule has 104 valence electrons. The molecule has 0 amide bonds. The van der Waals surface area contributed by atoms with Gasteiger partial charge in [0.2, 0.25) is 0 Å². The number of likely N-dealkylation sites (tertiary alicyclic amines) is 1. The maximum atomic E-state index is 3.76. The fourth-order valence-corrected chi connectivity index (χ4v) is 4.32. The van der Waals surface area contributed by atoms with Crippen molar-refractivity contribution < 1.29 is 0 Å². The highest BCUT2D eigenvalue weighted by Crippen LogP contribution is 2.32. The first kappa shape index (κ1) is 12.9. The Kier molecular flexibility index (Phi) is 4.25. The first-order chi connectivity index (χ1) is 8.79. The van der Waals surface area contributed by atoms with E-state index in [2.05, 4.69) is 17.1 Å². The number of hydrogen-bond acceptors (Lipinski definition) is 2. The van der Waals surface area contributed by atoms with Gasteiger partial charge in [0.25, 0.3) is 0 Å². The molecule has 0 aliphatic carbocycles. The molecule has 3 unspecified atom stereocenters. The zero-order chi connectivity index (χ0) is 12.4. The Balaban J connectivity index is 1.41. The normalized spacial score (nSPS) is 41.8. The lowest BCUT2D eigenvalue weighted by Gasteiger charge is -2.31. The van der Waals surface area contributed by atoms with Crippen molar-refractivity contribution in [1.82, 2.24) is 10.2 Å². The number of hydrogen-bond donors (Lipinski definition) is 1. The molecule has 3 saturated heterocycles. The summed E-state index contributed by atoms with van der Waals surface area (Å²) in [5.41, 5.74) is 0. The van der Waals surface area contributed by atoms with Crippen LogP contribution in [0.1, 0.15) is 58.3 Å². The molecule has 0 aromatic carbocycles. The van der Waals surface area contributed by atoms with Crippen LogP contribution in [0.3, 0.4) is 0 Å². The molecule has 3 heterocycles. The van der Waals surface area contributed by atoms with Crippen molar-refractivity contribution in [3.8, 4) is 0 Å². The van der Waals surface area contributed by atoms with Crippen LogP contribution in [0.4, 0.5) is 0 Å². The van der Waals surface area contributed by atoms with Gasteiger partial charge in [0.15, 0.2) is 0 Å². The van der Waals surface area contributed by atoms with Gasteiger partial charge in [0.05, 0.1) is 0 Å². The summed E-state index contributed by atoms with van der Waals surface area (Å²) in [7, 11) is 0. The van der Waals surface area contributed by atoms with Crippen LogP contribution in [0.5, 0.6) is 0 Å². The number of fused-ring (bicyclic) bond motifs is 2. The second-order valence-electron chi connectivity index (χ2n) is 7.14. The average Bonchev–Trinajstić information content (AvgIpc) is 2.59. The summed E-state index contributed by atoms with van der Waals surface area (Å²) >= 11 is 0. The van der Waals surface area contributed by atoms with Crippen LogP contribution in [-0.4, -0.2) is 36.6 Å². The van der Waals surface area contributed by atoms with E-state index in [1.54, 1.807) is 0 Å². The molecule has 3 atom stereocenters. The topological polar surface area (TPSA) is 15.3 Å². The van der Waals surface area contributed by atoms with Gasteiger partial charge in [-0.2, -0.15) is 0 Å². The SMILES string of the molecule is CC1CCCN(CCC2CC3CCC(C2)N3)CC1. The van der Waals surface area contributed by atoms with Crippen LogP contribution in [0, 0.1) is 11.8 Å². The Hall–Kier alpha value is -0.0800. The highest BCUT2D eigenvalue weighted by Gasteiger charge is 2.33. The first-order valence-electron chi connectivity index (χ1n) is 8.28. The summed E-state index contributed by atoms with van der Waals surface area (Å²) < 4.78 is 0. The Morgan fingerprint density at radius 2 is 1.78 bits per heavy atom. The standard InChI is InChI=1S/C16H30N2/c1-13-3-2-8-18(9-6-13)10-7-14-11-15-4-5-16(12-14)17-15/h13-17H,2-12H2,1H3. The van der Waals surface area contributed by atoms with Crippen LogP contribution in [0.25, 0.3) is 0 Å². The lowest BCUT2D eigenvalue weighted by atomic mass is 9.89. The number of nitrogens with one attached hydrogen (secondary N) is 1. The molecule has 18 heavy (non-hydrogen) atoms. The van der Waals surface area contributed by atoms with Gasteiger partial charge >= 0.3 is 0 Å². The molecule has 3 aliphatic heterocycles. The second-order valence-corrected chi connectivity index (χ2v) is 7.14. The molecule has 3 aliphatic rings. The lowest BCUT2D eigenvalue weighted by Crippen LogP contribution is -2.39. The highest BCUT2D eigenvalue weighted by molar-refractivity contribution is 4.92. The minimum absolute atomic E-state index is 0.873. The van der Waals surface area contributed by atoms with Crippen molar-refractivity contribution in [2.75, 3.05) is 19.6 Å². The van der Waals surface area contributed by atoms with E-state index < -0.39 is 0 Å². The van der Waals surface area contributed by atoms with Crippen molar-refractivity contribution in [3.63, 3.8) is 0 Å². The fourth-order valence-electron chi connectivity index (χ4n) is 4.32. The van der Waals surface area contributed by atoms with Crippen LogP contribution in [0.2, 0.25) is 0 Å². The van der Waals surface area contributed by atoms with Gasteiger partial charge in [-0.1, -0.05) is 6.92 Å². The molecule has 0 aromatic rings. The summed E-state index contributed by atoms with van der Waals surface area (Å²) in [6.07, 6.45) is 11.6. The third kappa shape index (κ3) is 3.27. The van der Waals surface area contributed by atoms with E-state index in [4.69, 9.17) is 0 Å². The smallest absolute Gasteiger partial charge is 0.00728 e. The predicted molar refractivity (Wildman–Crippen MR) is 76.7 cm³/mol. The maximum absolute atomic E-state index is 3.76. The molecule has 2 bridgehead atoms. The Bertz CT molecular complexity index is 254. The zero-order valence-electron chi connectivity index (χ0n) is 12.0. The molecule has 3 fully saturated rings. The predicted octanol–water partition coefficient (Wildman–Crippen LogP) is 3.03. The van der Waals surface area contributed by atoms with Crippen LogP contribution in [-0.2, 0) is 0 Å². The molecule has 0 saturated carbocycles. The summed E-state index contributed by atoms with van der Waals surface area (Å²) in [6.45, 7) is 6.52. The van der Waals surface area contributed by atoms with E-state index in [9.17, 15) is 0 Å². The molecule has 1 N–H and O–H groups in total. The highest BCUT2D eigenvalue weighted by atomic mass is 15.1. The summed E-state index contributed by atoms with van der Waals surface area (Å²) in [4.78, 5) is 2.74. The number of nitrogens with zero attached hydrogens (tertiary/aromatic N) is 1. The van der Waals surface area contributed by atoms with Crippen LogP contribution in [0.15, 0.2) is 0 Å². The van der Waals surface area contributed by atoms with Crippen molar-refractivity contribution in [2.24, 2.45) is 11.8 Å². The molecule has 0 radical (unpaired) electrons. The third-order valence-electron chi connectivity index (χ3n) is 5.53. The van der Waals surface area contributed by atoms with Gasteiger partial charge in [-0.25, -0.2) is 0 Å². The second kappa shape index (κ2) is 5.92. The Morgan fingerprint density at radius 1 is 1.00 bits per heavy atom. The molecule has 2 nitrogen and oxygen atoms in total. The quantitative estimate of drug-likeness (QED) is 0.828. The Labute approximate surface area is 113 Å². The van der Waals surface area contributed by atoms with Crippen LogP contribution >= 0.6 is 0 Å². The minimum atomic E-state index is 0.873. The molecule has 3 rings (SSSR count). The Morgan fingerprint density at radius 3 is 2.56 bits per heavy atom. The first-order valence-corrected chi connectivity index (χ1v) is 8.28. The average molecular weight is 250 g/mol. The van der Waals surface area contributed by atoms with Gasteiger partial charge in [0, 0.05) is 12.1 Å². The zero-order valence-corrected chi connectivity index (χ0v) is 12.0. The van der Waals surface area contributed by atoms with E-state index in [0.717, 1.165) is 23.9 Å². The van der Waals surface area contributed by atoms with Gasteiger partial charge in [0.1, 0.15) is 0 Å². The van der Waals surface area contributed by atoms with E-state index in [1.807, 2.05) is 0 Å². The summed E-state index contributed by atoms with van der Waals surface area (Å²) in [5, 5.41) is 3.76. The van der Waals surface area contributed by atoms with Gasteiger partial charge in [-0.05, 0) is 82.8 Å². The van der Waals surface area contributed by atoms with E-state index in [-0.39, 0.29) is 0 Å². The van der Waals surface area contributed by atoms with Gasteiger partial charge < -0.3 is 10.2 Å².